The molecule has 0 saturated heterocycles. The van der Waals surface area contributed by atoms with E-state index in [1.165, 1.54) is 0 Å². The number of hydrogen-bond donors (Lipinski definition) is 1. The number of allylic oxidation sites excluding steroid dienone is 3. The van der Waals surface area contributed by atoms with Crippen LogP contribution in [0.2, 0.25) is 0 Å². The molecule has 1 aliphatic carbocycles. The highest BCUT2D eigenvalue weighted by atomic mass is 16.3. The maximum atomic E-state index is 12.3. The molecule has 19 heavy (non-hydrogen) atoms. The molecule has 0 amide bonds. The number of aliphatic hydroxyl groups is 1. The lowest BCUT2D eigenvalue weighted by atomic mass is 9.96. The fourth-order valence-electron chi connectivity index (χ4n) is 2.36. The van der Waals surface area contributed by atoms with Gasteiger partial charge in [0.15, 0.2) is 5.78 Å². The van der Waals surface area contributed by atoms with Gasteiger partial charge in [-0.25, -0.2) is 0 Å². The Labute approximate surface area is 113 Å². The van der Waals surface area contributed by atoms with Crippen molar-refractivity contribution in [3.8, 4) is 0 Å². The van der Waals surface area contributed by atoms with Gasteiger partial charge in [0.25, 0.3) is 0 Å². The number of aliphatic hydroxyl groups excluding tert-OH is 1. The second-order valence-electron chi connectivity index (χ2n) is 5.22. The summed E-state index contributed by atoms with van der Waals surface area (Å²) in [5, 5.41) is 10.2. The van der Waals surface area contributed by atoms with E-state index in [1.54, 1.807) is 13.8 Å². The average Bonchev–Trinajstić information content (AvgIpc) is 2.56. The van der Waals surface area contributed by atoms with Crippen LogP contribution >= 0.6 is 0 Å². The summed E-state index contributed by atoms with van der Waals surface area (Å²) in [5.41, 5.74) is 6.32. The molecule has 0 radical (unpaired) electrons. The summed E-state index contributed by atoms with van der Waals surface area (Å²) in [6.07, 6.45) is 0. The third-order valence-electron chi connectivity index (χ3n) is 4.26. The Balaban J connectivity index is 2.73. The Morgan fingerprint density at radius 2 is 1.42 bits per heavy atom. The van der Waals surface area contributed by atoms with E-state index in [0.717, 1.165) is 22.4 Å². The number of ketones is 1. The SMILES string of the molecule is CC1=C(C)C(O)=C(c2nc(C)c(C)c(C)c2C)C1=O. The summed E-state index contributed by atoms with van der Waals surface area (Å²) in [4.78, 5) is 16.8. The van der Waals surface area contributed by atoms with E-state index in [0.29, 0.717) is 22.4 Å². The molecule has 100 valence electrons. The first-order valence-electron chi connectivity index (χ1n) is 6.37. The van der Waals surface area contributed by atoms with E-state index in [4.69, 9.17) is 0 Å². The normalized spacial score (nSPS) is 15.8. The van der Waals surface area contributed by atoms with Gasteiger partial charge in [-0.15, -0.1) is 0 Å². The van der Waals surface area contributed by atoms with E-state index in [2.05, 4.69) is 4.98 Å². The van der Waals surface area contributed by atoms with E-state index in [-0.39, 0.29) is 11.5 Å². The summed E-state index contributed by atoms with van der Waals surface area (Å²) in [6, 6.07) is 0. The molecule has 0 saturated carbocycles. The third-order valence-corrected chi connectivity index (χ3v) is 4.26. The fraction of sp³-hybridized carbons (Fsp3) is 0.375. The highest BCUT2D eigenvalue weighted by Crippen LogP contribution is 2.35. The van der Waals surface area contributed by atoms with Gasteiger partial charge in [0.2, 0.25) is 0 Å². The zero-order valence-corrected chi connectivity index (χ0v) is 12.3. The Hall–Kier alpha value is -1.90. The predicted molar refractivity (Wildman–Crippen MR) is 76.1 cm³/mol. The molecule has 0 aromatic carbocycles. The number of aromatic nitrogens is 1. The topological polar surface area (TPSA) is 50.2 Å². The van der Waals surface area contributed by atoms with Crippen molar-refractivity contribution in [3.05, 3.63) is 45.0 Å². The molecule has 2 rings (SSSR count). The van der Waals surface area contributed by atoms with Crippen LogP contribution in [0.5, 0.6) is 0 Å². The third kappa shape index (κ3) is 1.81. The molecule has 0 fully saturated rings. The largest absolute Gasteiger partial charge is 0.507 e. The van der Waals surface area contributed by atoms with Crippen molar-refractivity contribution in [3.63, 3.8) is 0 Å². The standard InChI is InChI=1S/C16H19NO2/c1-7-8(2)12(6)17-14(9(7)3)13-15(18)10(4)11(5)16(13)19/h18H,1-6H3. The lowest BCUT2D eigenvalue weighted by molar-refractivity contribution is -0.110. The number of carbonyl (C=O) groups excluding carboxylic acids is 1. The Morgan fingerprint density at radius 1 is 0.842 bits per heavy atom. The molecular weight excluding hydrogens is 238 g/mol. The number of pyridine rings is 1. The molecule has 1 aromatic heterocycles. The van der Waals surface area contributed by atoms with Crippen molar-refractivity contribution in [2.24, 2.45) is 0 Å². The van der Waals surface area contributed by atoms with E-state index in [9.17, 15) is 9.90 Å². The highest BCUT2D eigenvalue weighted by molar-refractivity contribution is 6.32. The zero-order valence-electron chi connectivity index (χ0n) is 12.3. The molecule has 1 aromatic rings. The molecule has 1 heterocycles. The first-order valence-corrected chi connectivity index (χ1v) is 6.37. The van der Waals surface area contributed by atoms with Crippen LogP contribution in [-0.2, 0) is 4.79 Å². The molecule has 0 bridgehead atoms. The molecule has 3 nitrogen and oxygen atoms in total. The zero-order chi connectivity index (χ0) is 14.5. The van der Waals surface area contributed by atoms with Gasteiger partial charge in [0.05, 0.1) is 11.3 Å². The smallest absolute Gasteiger partial charge is 0.195 e. The molecule has 0 aliphatic heterocycles. The molecule has 3 heteroatoms. The minimum absolute atomic E-state index is 0.0701. The predicted octanol–water partition coefficient (Wildman–Crippen LogP) is 3.50. The van der Waals surface area contributed by atoms with Crippen molar-refractivity contribution < 1.29 is 9.90 Å². The van der Waals surface area contributed by atoms with E-state index < -0.39 is 0 Å². The number of carbonyl (C=O) groups is 1. The second-order valence-corrected chi connectivity index (χ2v) is 5.22. The number of hydrogen-bond acceptors (Lipinski definition) is 3. The Bertz CT molecular complexity index is 664. The van der Waals surface area contributed by atoms with Crippen LogP contribution < -0.4 is 0 Å². The van der Waals surface area contributed by atoms with Gasteiger partial charge in [-0.3, -0.25) is 9.78 Å². The molecule has 0 unspecified atom stereocenters. The van der Waals surface area contributed by atoms with Crippen molar-refractivity contribution in [2.75, 3.05) is 0 Å². The maximum absolute atomic E-state index is 12.3. The number of Topliss-reactive ketones (excluding diaryl/α,β-unsaturated/α-hetero) is 1. The van der Waals surface area contributed by atoms with E-state index in [1.807, 2.05) is 27.7 Å². The van der Waals surface area contributed by atoms with Crippen molar-refractivity contribution in [2.45, 2.75) is 41.5 Å². The summed E-state index contributed by atoms with van der Waals surface area (Å²) < 4.78 is 0. The maximum Gasteiger partial charge on any atom is 0.195 e. The minimum atomic E-state index is -0.117. The molecule has 1 aliphatic rings. The van der Waals surface area contributed by atoms with Gasteiger partial charge in [-0.05, 0) is 63.8 Å². The number of aryl methyl sites for hydroxylation is 1. The van der Waals surface area contributed by atoms with Gasteiger partial charge in [0, 0.05) is 11.3 Å². The van der Waals surface area contributed by atoms with Crippen molar-refractivity contribution in [1.82, 2.24) is 4.98 Å². The van der Waals surface area contributed by atoms with Crippen molar-refractivity contribution >= 4 is 11.4 Å². The Morgan fingerprint density at radius 3 is 1.89 bits per heavy atom. The number of rotatable bonds is 1. The lowest BCUT2D eigenvalue weighted by Gasteiger charge is -2.14. The van der Waals surface area contributed by atoms with Crippen LogP contribution in [0.3, 0.4) is 0 Å². The summed E-state index contributed by atoms with van der Waals surface area (Å²) in [6.45, 7) is 11.4. The fourth-order valence-corrected chi connectivity index (χ4v) is 2.36. The van der Waals surface area contributed by atoms with Crippen LogP contribution in [0, 0.1) is 27.7 Å². The quantitative estimate of drug-likeness (QED) is 0.837. The molecule has 0 atom stereocenters. The summed E-state index contributed by atoms with van der Waals surface area (Å²) in [7, 11) is 0. The summed E-state index contributed by atoms with van der Waals surface area (Å²) in [5.74, 6) is -0.0472. The Kier molecular flexibility index (Phi) is 3.09. The lowest BCUT2D eigenvalue weighted by Crippen LogP contribution is -2.08. The van der Waals surface area contributed by atoms with Gasteiger partial charge in [-0.2, -0.15) is 0 Å². The monoisotopic (exact) mass is 257 g/mol. The summed E-state index contributed by atoms with van der Waals surface area (Å²) >= 11 is 0. The molecular formula is C16H19NO2. The van der Waals surface area contributed by atoms with Crippen LogP contribution in [0.1, 0.15) is 41.9 Å². The van der Waals surface area contributed by atoms with Gasteiger partial charge >= 0.3 is 0 Å². The van der Waals surface area contributed by atoms with Gasteiger partial charge < -0.3 is 5.11 Å². The van der Waals surface area contributed by atoms with Crippen LogP contribution in [0.25, 0.3) is 5.57 Å². The van der Waals surface area contributed by atoms with Crippen molar-refractivity contribution in [1.29, 1.82) is 0 Å². The first kappa shape index (κ1) is 13.5. The van der Waals surface area contributed by atoms with Crippen LogP contribution in [-0.4, -0.2) is 15.9 Å². The first-order chi connectivity index (χ1) is 8.77. The van der Waals surface area contributed by atoms with Gasteiger partial charge in [-0.1, -0.05) is 0 Å². The molecule has 1 N–H and O–H groups in total. The minimum Gasteiger partial charge on any atom is -0.507 e. The van der Waals surface area contributed by atoms with Gasteiger partial charge in [0.1, 0.15) is 5.76 Å². The highest BCUT2D eigenvalue weighted by Gasteiger charge is 2.31. The second kappa shape index (κ2) is 4.34. The number of nitrogens with zero attached hydrogens (tertiary/aromatic N) is 1. The van der Waals surface area contributed by atoms with E-state index >= 15 is 0 Å². The van der Waals surface area contributed by atoms with Crippen LogP contribution in [0.15, 0.2) is 16.9 Å². The van der Waals surface area contributed by atoms with Crippen LogP contribution in [0.4, 0.5) is 0 Å². The average molecular weight is 257 g/mol. The molecule has 0 spiro atoms.